The van der Waals surface area contributed by atoms with E-state index in [0.717, 1.165) is 5.69 Å². The Morgan fingerprint density at radius 2 is 2.50 bits per heavy atom. The SMILES string of the molecule is COC(=O)Cn1nc(Br)cc1CCN. The van der Waals surface area contributed by atoms with E-state index < -0.39 is 0 Å². The van der Waals surface area contributed by atoms with Crippen LogP contribution < -0.4 is 5.73 Å². The summed E-state index contributed by atoms with van der Waals surface area (Å²) in [4.78, 5) is 11.0. The predicted octanol–water partition coefficient (Wildman–Crippen LogP) is 0.320. The maximum Gasteiger partial charge on any atom is 0.327 e. The standard InChI is InChI=1S/C8H12BrN3O2/c1-14-8(13)5-12-6(2-3-10)4-7(9)11-12/h4H,2-3,5,10H2,1H3. The molecule has 0 atom stereocenters. The van der Waals surface area contributed by atoms with Crippen LogP contribution in [-0.4, -0.2) is 29.4 Å². The summed E-state index contributed by atoms with van der Waals surface area (Å²) in [6.07, 6.45) is 0.690. The number of nitrogens with zero attached hydrogens (tertiary/aromatic N) is 2. The Morgan fingerprint density at radius 1 is 1.79 bits per heavy atom. The lowest BCUT2D eigenvalue weighted by atomic mass is 10.3. The molecule has 0 fully saturated rings. The summed E-state index contributed by atoms with van der Waals surface area (Å²) in [5.74, 6) is -0.320. The number of hydrogen-bond acceptors (Lipinski definition) is 4. The van der Waals surface area contributed by atoms with Gasteiger partial charge in [-0.3, -0.25) is 9.48 Å². The maximum absolute atomic E-state index is 11.0. The minimum Gasteiger partial charge on any atom is -0.468 e. The summed E-state index contributed by atoms with van der Waals surface area (Å²) in [5.41, 5.74) is 6.35. The molecule has 0 amide bonds. The van der Waals surface area contributed by atoms with Crippen molar-refractivity contribution >= 4 is 21.9 Å². The normalized spacial score (nSPS) is 10.2. The first-order chi connectivity index (χ1) is 6.67. The van der Waals surface area contributed by atoms with Gasteiger partial charge < -0.3 is 10.5 Å². The van der Waals surface area contributed by atoms with Crippen LogP contribution in [-0.2, 0) is 22.5 Å². The van der Waals surface area contributed by atoms with E-state index in [9.17, 15) is 4.79 Å². The number of rotatable bonds is 4. The van der Waals surface area contributed by atoms with E-state index >= 15 is 0 Å². The number of esters is 1. The molecule has 1 aromatic heterocycles. The summed E-state index contributed by atoms with van der Waals surface area (Å²) in [7, 11) is 1.35. The van der Waals surface area contributed by atoms with Crippen molar-refractivity contribution in [2.75, 3.05) is 13.7 Å². The number of carbonyl (C=O) groups is 1. The lowest BCUT2D eigenvalue weighted by Gasteiger charge is -2.04. The smallest absolute Gasteiger partial charge is 0.327 e. The molecule has 5 nitrogen and oxygen atoms in total. The van der Waals surface area contributed by atoms with Crippen molar-refractivity contribution in [1.82, 2.24) is 9.78 Å². The van der Waals surface area contributed by atoms with Gasteiger partial charge in [-0.1, -0.05) is 0 Å². The summed E-state index contributed by atoms with van der Waals surface area (Å²) < 4.78 is 6.84. The Morgan fingerprint density at radius 3 is 3.07 bits per heavy atom. The zero-order valence-corrected chi connectivity index (χ0v) is 9.45. The van der Waals surface area contributed by atoms with Crippen molar-refractivity contribution in [2.24, 2.45) is 5.73 Å². The summed E-state index contributed by atoms with van der Waals surface area (Å²) in [6.45, 7) is 0.650. The Labute approximate surface area is 90.3 Å². The number of hydrogen-bond donors (Lipinski definition) is 1. The van der Waals surface area contributed by atoms with Crippen LogP contribution in [0.2, 0.25) is 0 Å². The molecule has 0 bridgehead atoms. The molecular formula is C8H12BrN3O2. The topological polar surface area (TPSA) is 70.1 Å². The first-order valence-electron chi connectivity index (χ1n) is 4.16. The van der Waals surface area contributed by atoms with Crippen molar-refractivity contribution in [3.05, 3.63) is 16.4 Å². The van der Waals surface area contributed by atoms with Crippen LogP contribution in [0, 0.1) is 0 Å². The number of aromatic nitrogens is 2. The summed E-state index contributed by atoms with van der Waals surface area (Å²) in [6, 6.07) is 1.84. The van der Waals surface area contributed by atoms with E-state index in [-0.39, 0.29) is 12.5 Å². The van der Waals surface area contributed by atoms with Crippen molar-refractivity contribution in [1.29, 1.82) is 0 Å². The summed E-state index contributed by atoms with van der Waals surface area (Å²) in [5, 5.41) is 4.09. The van der Waals surface area contributed by atoms with Gasteiger partial charge in [0.2, 0.25) is 0 Å². The molecular weight excluding hydrogens is 250 g/mol. The molecule has 6 heteroatoms. The van der Waals surface area contributed by atoms with Gasteiger partial charge in [-0.05, 0) is 28.5 Å². The molecule has 0 aliphatic heterocycles. The van der Waals surface area contributed by atoms with Crippen LogP contribution in [0.1, 0.15) is 5.69 Å². The first-order valence-corrected chi connectivity index (χ1v) is 4.95. The minimum absolute atomic E-state index is 0.122. The van der Waals surface area contributed by atoms with Gasteiger partial charge in [0, 0.05) is 12.1 Å². The number of halogens is 1. The molecule has 14 heavy (non-hydrogen) atoms. The van der Waals surface area contributed by atoms with E-state index in [2.05, 4.69) is 25.8 Å². The molecule has 0 aromatic carbocycles. The first kappa shape index (κ1) is 11.2. The van der Waals surface area contributed by atoms with Crippen LogP contribution in [0.15, 0.2) is 10.7 Å². The van der Waals surface area contributed by atoms with Crippen molar-refractivity contribution in [3.8, 4) is 0 Å². The molecule has 0 aliphatic carbocycles. The Hall–Kier alpha value is -0.880. The highest BCUT2D eigenvalue weighted by atomic mass is 79.9. The molecule has 1 heterocycles. The van der Waals surface area contributed by atoms with Gasteiger partial charge in [-0.25, -0.2) is 0 Å². The van der Waals surface area contributed by atoms with Crippen molar-refractivity contribution in [2.45, 2.75) is 13.0 Å². The zero-order valence-electron chi connectivity index (χ0n) is 7.86. The van der Waals surface area contributed by atoms with E-state index in [1.807, 2.05) is 6.07 Å². The fourth-order valence-corrected chi connectivity index (χ4v) is 1.55. The van der Waals surface area contributed by atoms with Gasteiger partial charge in [-0.2, -0.15) is 5.10 Å². The number of ether oxygens (including phenoxy) is 1. The molecule has 0 saturated carbocycles. The van der Waals surface area contributed by atoms with Crippen LogP contribution in [0.5, 0.6) is 0 Å². The van der Waals surface area contributed by atoms with Gasteiger partial charge in [-0.15, -0.1) is 0 Å². The average Bonchev–Trinajstić information content (AvgIpc) is 2.47. The highest BCUT2D eigenvalue weighted by Crippen LogP contribution is 2.11. The van der Waals surface area contributed by atoms with E-state index in [1.165, 1.54) is 7.11 Å². The van der Waals surface area contributed by atoms with E-state index in [0.29, 0.717) is 17.6 Å². The average molecular weight is 262 g/mol. The molecule has 0 unspecified atom stereocenters. The Kier molecular flexibility index (Phi) is 4.09. The molecule has 0 aliphatic rings. The van der Waals surface area contributed by atoms with Gasteiger partial charge >= 0.3 is 5.97 Å². The van der Waals surface area contributed by atoms with E-state index in [4.69, 9.17) is 5.73 Å². The third-order valence-corrected chi connectivity index (χ3v) is 2.13. The molecule has 1 aromatic rings. The highest BCUT2D eigenvalue weighted by Gasteiger charge is 2.09. The summed E-state index contributed by atoms with van der Waals surface area (Å²) >= 11 is 3.24. The monoisotopic (exact) mass is 261 g/mol. The third kappa shape index (κ3) is 2.81. The number of nitrogens with two attached hydrogens (primary N) is 1. The van der Waals surface area contributed by atoms with Gasteiger partial charge in [0.25, 0.3) is 0 Å². The Balaban J connectivity index is 2.78. The van der Waals surface area contributed by atoms with Crippen LogP contribution in [0.3, 0.4) is 0 Å². The zero-order chi connectivity index (χ0) is 10.6. The second-order valence-electron chi connectivity index (χ2n) is 2.73. The van der Waals surface area contributed by atoms with E-state index in [1.54, 1.807) is 4.68 Å². The molecule has 78 valence electrons. The fourth-order valence-electron chi connectivity index (χ4n) is 1.09. The molecule has 0 saturated heterocycles. The lowest BCUT2D eigenvalue weighted by Crippen LogP contribution is -2.16. The lowest BCUT2D eigenvalue weighted by molar-refractivity contribution is -0.141. The van der Waals surface area contributed by atoms with Gasteiger partial charge in [0.05, 0.1) is 7.11 Å². The largest absolute Gasteiger partial charge is 0.468 e. The van der Waals surface area contributed by atoms with Crippen molar-refractivity contribution in [3.63, 3.8) is 0 Å². The molecule has 0 radical (unpaired) electrons. The molecule has 2 N–H and O–H groups in total. The Bertz CT molecular complexity index is 324. The highest BCUT2D eigenvalue weighted by molar-refractivity contribution is 9.10. The predicted molar refractivity (Wildman–Crippen MR) is 54.7 cm³/mol. The minimum atomic E-state index is -0.320. The molecule has 0 spiro atoms. The van der Waals surface area contributed by atoms with Gasteiger partial charge in [0.1, 0.15) is 11.1 Å². The van der Waals surface area contributed by atoms with Crippen molar-refractivity contribution < 1.29 is 9.53 Å². The van der Waals surface area contributed by atoms with Crippen LogP contribution in [0.4, 0.5) is 0 Å². The maximum atomic E-state index is 11.0. The molecule has 1 rings (SSSR count). The second kappa shape index (κ2) is 5.11. The van der Waals surface area contributed by atoms with Gasteiger partial charge in [0.15, 0.2) is 0 Å². The second-order valence-corrected chi connectivity index (χ2v) is 3.54. The fraction of sp³-hybridized carbons (Fsp3) is 0.500. The quantitative estimate of drug-likeness (QED) is 0.793. The van der Waals surface area contributed by atoms with Crippen LogP contribution >= 0.6 is 15.9 Å². The van der Waals surface area contributed by atoms with Crippen LogP contribution in [0.25, 0.3) is 0 Å². The number of carbonyl (C=O) groups excluding carboxylic acids is 1. The number of methoxy groups -OCH3 is 1. The third-order valence-electron chi connectivity index (χ3n) is 1.74.